The summed E-state index contributed by atoms with van der Waals surface area (Å²) in [5.74, 6) is 1.43. The minimum atomic E-state index is -3.62. The zero-order valence-corrected chi connectivity index (χ0v) is 20.2. The highest BCUT2D eigenvalue weighted by molar-refractivity contribution is 7.90. The van der Waals surface area contributed by atoms with Crippen LogP contribution in [0.5, 0.6) is 0 Å². The largest absolute Gasteiger partial charge is 0.350 e. The molecule has 2 unspecified atom stereocenters. The lowest BCUT2D eigenvalue weighted by Crippen LogP contribution is -2.38. The smallest absolute Gasteiger partial charge is 0.263 e. The zero-order chi connectivity index (χ0) is 23.6. The van der Waals surface area contributed by atoms with Crippen molar-refractivity contribution < 1.29 is 13.2 Å². The fraction of sp³-hybridized carbons (Fsp3) is 0.440. The summed E-state index contributed by atoms with van der Waals surface area (Å²) in [5, 5.41) is 2.90. The first kappa shape index (κ1) is 23.4. The van der Waals surface area contributed by atoms with Crippen LogP contribution in [0.25, 0.3) is 0 Å². The molecule has 2 aromatic rings. The molecule has 2 aromatic carbocycles. The molecule has 1 saturated heterocycles. The first-order valence-corrected chi connectivity index (χ1v) is 13.0. The van der Waals surface area contributed by atoms with Crippen LogP contribution in [0.3, 0.4) is 0 Å². The molecule has 33 heavy (non-hydrogen) atoms. The number of hydrogen-bond acceptors (Lipinski definition) is 5. The van der Waals surface area contributed by atoms with Crippen LogP contribution in [0.15, 0.2) is 58.4 Å². The maximum Gasteiger partial charge on any atom is 0.263 e. The second-order valence-corrected chi connectivity index (χ2v) is 11.1. The van der Waals surface area contributed by atoms with Gasteiger partial charge in [0.05, 0.1) is 4.90 Å². The fourth-order valence-electron chi connectivity index (χ4n) is 4.76. The van der Waals surface area contributed by atoms with Gasteiger partial charge in [-0.05, 0) is 48.4 Å². The van der Waals surface area contributed by atoms with E-state index in [0.717, 1.165) is 37.0 Å². The van der Waals surface area contributed by atoms with Crippen molar-refractivity contribution in [1.82, 2.24) is 14.9 Å². The summed E-state index contributed by atoms with van der Waals surface area (Å²) in [7, 11) is -3.62. The van der Waals surface area contributed by atoms with E-state index in [0.29, 0.717) is 12.1 Å². The van der Waals surface area contributed by atoms with Crippen LogP contribution in [-0.4, -0.2) is 44.2 Å². The Balaban J connectivity index is 1.32. The third-order valence-corrected chi connectivity index (χ3v) is 7.60. The van der Waals surface area contributed by atoms with E-state index in [1.54, 1.807) is 25.1 Å². The molecule has 2 aliphatic rings. The first-order chi connectivity index (χ1) is 15.7. The summed E-state index contributed by atoms with van der Waals surface area (Å²) < 4.78 is 26.9. The van der Waals surface area contributed by atoms with E-state index in [9.17, 15) is 13.2 Å². The number of rotatable bonds is 6. The first-order valence-electron chi connectivity index (χ1n) is 11.5. The summed E-state index contributed by atoms with van der Waals surface area (Å²) in [5.41, 5.74) is 2.78. The fourth-order valence-corrected chi connectivity index (χ4v) is 6.00. The lowest BCUT2D eigenvalue weighted by atomic mass is 9.91. The average Bonchev–Trinajstić information content (AvgIpc) is 3.02. The molecule has 0 aromatic heterocycles. The van der Waals surface area contributed by atoms with Crippen molar-refractivity contribution in [2.45, 2.75) is 51.2 Å². The Hall–Kier alpha value is -2.71. The Labute approximate surface area is 196 Å². The Morgan fingerprint density at radius 3 is 2.42 bits per heavy atom. The number of carbonyl (C=O) groups excluding carboxylic acids is 1. The van der Waals surface area contributed by atoms with Crippen molar-refractivity contribution in [3.63, 3.8) is 0 Å². The molecule has 1 amide bonds. The van der Waals surface area contributed by atoms with Crippen LogP contribution < -0.4 is 10.0 Å². The van der Waals surface area contributed by atoms with Crippen molar-refractivity contribution in [3.8, 4) is 0 Å². The Kier molecular flexibility index (Phi) is 6.86. The van der Waals surface area contributed by atoms with Crippen LogP contribution >= 0.6 is 0 Å². The van der Waals surface area contributed by atoms with Gasteiger partial charge < -0.3 is 5.32 Å². The molecule has 3 atom stereocenters. The van der Waals surface area contributed by atoms with Crippen LogP contribution in [-0.2, 0) is 27.9 Å². The van der Waals surface area contributed by atoms with Crippen LogP contribution in [0.4, 0.5) is 0 Å². The number of benzene rings is 2. The average molecular weight is 469 g/mol. The Bertz CT molecular complexity index is 1130. The maximum absolute atomic E-state index is 12.6. The summed E-state index contributed by atoms with van der Waals surface area (Å²) in [6.45, 7) is 9.93. The lowest BCUT2D eigenvalue weighted by molar-refractivity contribution is -0.122. The number of aliphatic imine (C=N–C) groups is 1. The SMILES string of the molecule is CC1CC(C)CN(Cc2ccc(CNC(=O)[C@H](C)N=C3NS(=O)(=O)c4ccccc43)cc2)C1. The number of nitrogens with zero attached hydrogens (tertiary/aromatic N) is 2. The van der Waals surface area contributed by atoms with E-state index in [2.05, 4.69) is 45.9 Å². The number of sulfonamides is 1. The van der Waals surface area contributed by atoms with Gasteiger partial charge in [0.15, 0.2) is 0 Å². The number of amides is 1. The highest BCUT2D eigenvalue weighted by atomic mass is 32.2. The van der Waals surface area contributed by atoms with Crippen molar-refractivity contribution in [2.24, 2.45) is 16.8 Å². The standard InChI is InChI=1S/C25H32N4O3S/c1-17-12-18(2)15-29(14-17)16-21-10-8-20(9-11-21)13-26-25(30)19(3)27-24-22-6-4-5-7-23(22)33(31,32)28-24/h4-11,17-19H,12-16H2,1-3H3,(H,26,30)(H,27,28)/t17?,18?,19-/m0/s1. The van der Waals surface area contributed by atoms with Crippen LogP contribution in [0.2, 0.25) is 0 Å². The van der Waals surface area contributed by atoms with E-state index >= 15 is 0 Å². The van der Waals surface area contributed by atoms with Crippen molar-refractivity contribution >= 4 is 21.8 Å². The summed E-state index contributed by atoms with van der Waals surface area (Å²) in [6.07, 6.45) is 1.30. The van der Waals surface area contributed by atoms with E-state index < -0.39 is 16.1 Å². The molecule has 0 spiro atoms. The number of amidine groups is 1. The van der Waals surface area contributed by atoms with Gasteiger partial charge in [-0.3, -0.25) is 19.4 Å². The zero-order valence-electron chi connectivity index (χ0n) is 19.4. The number of fused-ring (bicyclic) bond motifs is 1. The number of nitrogens with one attached hydrogen (secondary N) is 2. The third-order valence-electron chi connectivity index (χ3n) is 6.21. The second-order valence-electron chi connectivity index (χ2n) is 9.43. The number of hydrogen-bond donors (Lipinski definition) is 2. The molecule has 176 valence electrons. The number of piperidine rings is 1. The molecular formula is C25H32N4O3S. The van der Waals surface area contributed by atoms with Gasteiger partial charge in [-0.1, -0.05) is 50.2 Å². The van der Waals surface area contributed by atoms with Gasteiger partial charge in [0.2, 0.25) is 5.91 Å². The van der Waals surface area contributed by atoms with Crippen molar-refractivity contribution in [1.29, 1.82) is 0 Å². The molecule has 2 heterocycles. The molecular weight excluding hydrogens is 436 g/mol. The highest BCUT2D eigenvalue weighted by Crippen LogP contribution is 2.23. The lowest BCUT2D eigenvalue weighted by Gasteiger charge is -2.35. The van der Waals surface area contributed by atoms with Crippen LogP contribution in [0.1, 0.15) is 43.9 Å². The van der Waals surface area contributed by atoms with E-state index in [-0.39, 0.29) is 16.6 Å². The van der Waals surface area contributed by atoms with Gasteiger partial charge >= 0.3 is 0 Å². The molecule has 8 heteroatoms. The molecule has 0 bridgehead atoms. The van der Waals surface area contributed by atoms with Crippen LogP contribution in [0, 0.1) is 11.8 Å². The van der Waals surface area contributed by atoms with Gasteiger partial charge in [-0.15, -0.1) is 0 Å². The highest BCUT2D eigenvalue weighted by Gasteiger charge is 2.31. The predicted molar refractivity (Wildman–Crippen MR) is 129 cm³/mol. The van der Waals surface area contributed by atoms with E-state index in [1.807, 2.05) is 12.1 Å². The summed E-state index contributed by atoms with van der Waals surface area (Å²) >= 11 is 0. The molecule has 0 saturated carbocycles. The van der Waals surface area contributed by atoms with Crippen molar-refractivity contribution in [2.75, 3.05) is 13.1 Å². The number of likely N-dealkylation sites (tertiary alicyclic amines) is 1. The molecule has 2 aliphatic heterocycles. The maximum atomic E-state index is 12.6. The van der Waals surface area contributed by atoms with Gasteiger partial charge in [-0.2, -0.15) is 0 Å². The summed E-state index contributed by atoms with van der Waals surface area (Å²) in [6, 6.07) is 14.2. The molecule has 7 nitrogen and oxygen atoms in total. The Morgan fingerprint density at radius 1 is 1.09 bits per heavy atom. The predicted octanol–water partition coefficient (Wildman–Crippen LogP) is 2.91. The molecule has 2 N–H and O–H groups in total. The van der Waals surface area contributed by atoms with Gasteiger partial charge in [0, 0.05) is 31.7 Å². The topological polar surface area (TPSA) is 90.9 Å². The molecule has 0 aliphatic carbocycles. The van der Waals surface area contributed by atoms with Gasteiger partial charge in [-0.25, -0.2) is 8.42 Å². The second kappa shape index (κ2) is 9.65. The monoisotopic (exact) mass is 468 g/mol. The van der Waals surface area contributed by atoms with E-state index in [4.69, 9.17) is 0 Å². The molecule has 0 radical (unpaired) electrons. The number of carbonyl (C=O) groups is 1. The Morgan fingerprint density at radius 2 is 1.73 bits per heavy atom. The van der Waals surface area contributed by atoms with Crippen molar-refractivity contribution in [3.05, 3.63) is 65.2 Å². The minimum absolute atomic E-state index is 0.185. The molecule has 4 rings (SSSR count). The van der Waals surface area contributed by atoms with Gasteiger partial charge in [0.1, 0.15) is 11.9 Å². The minimum Gasteiger partial charge on any atom is -0.350 e. The van der Waals surface area contributed by atoms with Gasteiger partial charge in [0.25, 0.3) is 10.0 Å². The summed E-state index contributed by atoms with van der Waals surface area (Å²) in [4.78, 5) is 19.6. The normalized spacial score (nSPS) is 24.2. The third kappa shape index (κ3) is 5.62. The van der Waals surface area contributed by atoms with E-state index in [1.165, 1.54) is 18.1 Å². The molecule has 1 fully saturated rings. The quantitative estimate of drug-likeness (QED) is 0.682.